The second-order valence-electron chi connectivity index (χ2n) is 4.31. The number of rotatable bonds is 5. The maximum absolute atomic E-state index is 11.9. The van der Waals surface area contributed by atoms with Crippen LogP contribution in [0.3, 0.4) is 0 Å². The summed E-state index contributed by atoms with van der Waals surface area (Å²) in [5.41, 5.74) is 7.92. The first kappa shape index (κ1) is 13.5. The molecular formula is C13H20N2O2. The Morgan fingerprint density at radius 3 is 2.82 bits per heavy atom. The summed E-state index contributed by atoms with van der Waals surface area (Å²) in [6.07, 6.45) is 1.46. The lowest BCUT2D eigenvalue weighted by atomic mass is 10.1. The molecule has 1 aromatic rings. The molecule has 0 fully saturated rings. The van der Waals surface area contributed by atoms with E-state index >= 15 is 0 Å². The number of aliphatic hydroxyl groups excluding tert-OH is 1. The van der Waals surface area contributed by atoms with Gasteiger partial charge in [-0.05, 0) is 44.4 Å². The quantitative estimate of drug-likeness (QED) is 0.678. The number of carbonyl (C=O) groups is 1. The van der Waals surface area contributed by atoms with Gasteiger partial charge in [0.25, 0.3) is 5.91 Å². The van der Waals surface area contributed by atoms with Crippen LogP contribution >= 0.6 is 0 Å². The molecule has 0 aromatic heterocycles. The molecule has 4 heteroatoms. The van der Waals surface area contributed by atoms with Crippen molar-refractivity contribution in [1.82, 2.24) is 5.32 Å². The Balaban J connectivity index is 2.60. The Bertz CT molecular complexity index is 391. The summed E-state index contributed by atoms with van der Waals surface area (Å²) in [7, 11) is 0. The molecule has 0 aliphatic carbocycles. The largest absolute Gasteiger partial charge is 0.398 e. The maximum Gasteiger partial charge on any atom is 0.251 e. The van der Waals surface area contributed by atoms with Gasteiger partial charge in [-0.2, -0.15) is 0 Å². The van der Waals surface area contributed by atoms with Crippen LogP contribution in [0.1, 0.15) is 35.7 Å². The highest BCUT2D eigenvalue weighted by Gasteiger charge is 2.10. The minimum Gasteiger partial charge on any atom is -0.398 e. The average Bonchev–Trinajstić information content (AvgIpc) is 2.30. The minimum absolute atomic E-state index is 0.0529. The Kier molecular flexibility index (Phi) is 4.97. The van der Waals surface area contributed by atoms with Crippen LogP contribution in [0.25, 0.3) is 0 Å². The van der Waals surface area contributed by atoms with Crippen LogP contribution in [0.5, 0.6) is 0 Å². The van der Waals surface area contributed by atoms with Crippen molar-refractivity contribution >= 4 is 11.6 Å². The third-order valence-electron chi connectivity index (χ3n) is 2.71. The van der Waals surface area contributed by atoms with Gasteiger partial charge in [0.1, 0.15) is 0 Å². The zero-order valence-corrected chi connectivity index (χ0v) is 10.4. The highest BCUT2D eigenvalue weighted by molar-refractivity contribution is 5.95. The van der Waals surface area contributed by atoms with Crippen LogP contribution in [0.4, 0.5) is 5.69 Å². The fourth-order valence-corrected chi connectivity index (χ4v) is 1.56. The number of carbonyl (C=O) groups excluding carboxylic acids is 1. The molecule has 0 saturated heterocycles. The van der Waals surface area contributed by atoms with Gasteiger partial charge in [-0.1, -0.05) is 6.07 Å². The molecule has 4 nitrogen and oxygen atoms in total. The number of aliphatic hydroxyl groups is 1. The van der Waals surface area contributed by atoms with E-state index in [-0.39, 0.29) is 18.6 Å². The third-order valence-corrected chi connectivity index (χ3v) is 2.71. The molecule has 4 N–H and O–H groups in total. The van der Waals surface area contributed by atoms with E-state index in [1.54, 1.807) is 12.1 Å². The normalized spacial score (nSPS) is 12.2. The van der Waals surface area contributed by atoms with Gasteiger partial charge in [-0.15, -0.1) is 0 Å². The van der Waals surface area contributed by atoms with Gasteiger partial charge in [-0.25, -0.2) is 0 Å². The molecule has 0 aliphatic heterocycles. The van der Waals surface area contributed by atoms with E-state index in [4.69, 9.17) is 10.8 Å². The van der Waals surface area contributed by atoms with E-state index in [9.17, 15) is 4.79 Å². The molecule has 0 heterocycles. The van der Waals surface area contributed by atoms with Crippen molar-refractivity contribution < 1.29 is 9.90 Å². The van der Waals surface area contributed by atoms with Crippen molar-refractivity contribution in [3.05, 3.63) is 29.3 Å². The summed E-state index contributed by atoms with van der Waals surface area (Å²) in [6.45, 7) is 3.98. The SMILES string of the molecule is Cc1ccc(C(=O)NC(C)CCCO)cc1N. The summed E-state index contributed by atoms with van der Waals surface area (Å²) in [5.74, 6) is -0.123. The number of nitrogen functional groups attached to an aromatic ring is 1. The number of aryl methyl sites for hydroxylation is 1. The van der Waals surface area contributed by atoms with Crippen LogP contribution < -0.4 is 11.1 Å². The second-order valence-corrected chi connectivity index (χ2v) is 4.31. The molecule has 0 aliphatic rings. The standard InChI is InChI=1S/C13H20N2O2/c1-9-5-6-11(8-12(9)14)13(17)15-10(2)4-3-7-16/h5-6,8,10,16H,3-4,7,14H2,1-2H3,(H,15,17). The Labute approximate surface area is 102 Å². The number of hydrogen-bond donors (Lipinski definition) is 3. The molecule has 0 spiro atoms. The fourth-order valence-electron chi connectivity index (χ4n) is 1.56. The van der Waals surface area contributed by atoms with Crippen molar-refractivity contribution in [2.75, 3.05) is 12.3 Å². The molecular weight excluding hydrogens is 216 g/mol. The van der Waals surface area contributed by atoms with E-state index in [0.29, 0.717) is 17.7 Å². The van der Waals surface area contributed by atoms with Gasteiger partial charge in [-0.3, -0.25) is 4.79 Å². The van der Waals surface area contributed by atoms with E-state index in [2.05, 4.69) is 5.32 Å². The highest BCUT2D eigenvalue weighted by atomic mass is 16.2. The molecule has 0 radical (unpaired) electrons. The van der Waals surface area contributed by atoms with Gasteiger partial charge in [0.05, 0.1) is 0 Å². The van der Waals surface area contributed by atoms with Gasteiger partial charge in [0, 0.05) is 23.9 Å². The molecule has 94 valence electrons. The predicted octanol–water partition coefficient (Wildman–Crippen LogP) is 1.47. The van der Waals surface area contributed by atoms with E-state index in [1.165, 1.54) is 0 Å². The summed E-state index contributed by atoms with van der Waals surface area (Å²) >= 11 is 0. The first-order valence-electron chi connectivity index (χ1n) is 5.82. The van der Waals surface area contributed by atoms with E-state index < -0.39 is 0 Å². The topological polar surface area (TPSA) is 75.3 Å². The number of hydrogen-bond acceptors (Lipinski definition) is 3. The molecule has 0 bridgehead atoms. The molecule has 0 saturated carbocycles. The summed E-state index contributed by atoms with van der Waals surface area (Å²) in [5, 5.41) is 11.6. The van der Waals surface area contributed by atoms with E-state index in [0.717, 1.165) is 12.0 Å². The zero-order valence-electron chi connectivity index (χ0n) is 10.4. The summed E-state index contributed by atoms with van der Waals surface area (Å²) in [4.78, 5) is 11.9. The third kappa shape index (κ3) is 4.07. The van der Waals surface area contributed by atoms with Crippen LogP contribution in [-0.4, -0.2) is 23.7 Å². The fraction of sp³-hybridized carbons (Fsp3) is 0.462. The average molecular weight is 236 g/mol. The van der Waals surface area contributed by atoms with E-state index in [1.807, 2.05) is 19.9 Å². The minimum atomic E-state index is -0.123. The smallest absolute Gasteiger partial charge is 0.251 e. The van der Waals surface area contributed by atoms with Crippen molar-refractivity contribution in [3.8, 4) is 0 Å². The summed E-state index contributed by atoms with van der Waals surface area (Å²) < 4.78 is 0. The van der Waals surface area contributed by atoms with Gasteiger partial charge < -0.3 is 16.2 Å². The molecule has 1 amide bonds. The Morgan fingerprint density at radius 1 is 1.53 bits per heavy atom. The first-order chi connectivity index (χ1) is 8.04. The lowest BCUT2D eigenvalue weighted by Crippen LogP contribution is -2.32. The van der Waals surface area contributed by atoms with Crippen molar-refractivity contribution in [2.24, 2.45) is 0 Å². The molecule has 1 rings (SSSR count). The maximum atomic E-state index is 11.9. The lowest BCUT2D eigenvalue weighted by Gasteiger charge is -2.13. The molecule has 17 heavy (non-hydrogen) atoms. The van der Waals surface area contributed by atoms with Gasteiger partial charge >= 0.3 is 0 Å². The number of nitrogens with one attached hydrogen (secondary N) is 1. The highest BCUT2D eigenvalue weighted by Crippen LogP contribution is 2.13. The van der Waals surface area contributed by atoms with Crippen LogP contribution in [0.15, 0.2) is 18.2 Å². The van der Waals surface area contributed by atoms with Gasteiger partial charge in [0.15, 0.2) is 0 Å². The van der Waals surface area contributed by atoms with Crippen LogP contribution in [-0.2, 0) is 0 Å². The number of nitrogens with two attached hydrogens (primary N) is 1. The summed E-state index contributed by atoms with van der Waals surface area (Å²) in [6, 6.07) is 5.34. The van der Waals surface area contributed by atoms with Crippen LogP contribution in [0.2, 0.25) is 0 Å². The van der Waals surface area contributed by atoms with Crippen LogP contribution in [0, 0.1) is 6.92 Å². The molecule has 1 unspecified atom stereocenters. The molecule has 1 atom stereocenters. The van der Waals surface area contributed by atoms with Crippen molar-refractivity contribution in [2.45, 2.75) is 32.7 Å². The first-order valence-corrected chi connectivity index (χ1v) is 5.82. The molecule has 1 aromatic carbocycles. The zero-order chi connectivity index (χ0) is 12.8. The Hall–Kier alpha value is -1.55. The number of amides is 1. The predicted molar refractivity (Wildman–Crippen MR) is 68.8 cm³/mol. The second kappa shape index (κ2) is 6.25. The monoisotopic (exact) mass is 236 g/mol. The lowest BCUT2D eigenvalue weighted by molar-refractivity contribution is 0.0936. The number of benzene rings is 1. The van der Waals surface area contributed by atoms with Crippen molar-refractivity contribution in [1.29, 1.82) is 0 Å². The number of anilines is 1. The Morgan fingerprint density at radius 2 is 2.24 bits per heavy atom. The van der Waals surface area contributed by atoms with Crippen molar-refractivity contribution in [3.63, 3.8) is 0 Å². The van der Waals surface area contributed by atoms with Gasteiger partial charge in [0.2, 0.25) is 0 Å².